The van der Waals surface area contributed by atoms with E-state index < -0.39 is 0 Å². The molecule has 2 N–H and O–H groups in total. The van der Waals surface area contributed by atoms with Gasteiger partial charge in [0.2, 0.25) is 0 Å². The van der Waals surface area contributed by atoms with Gasteiger partial charge in [-0.05, 0) is 32.6 Å². The number of nitrogens with two attached hydrogens (primary N) is 1. The summed E-state index contributed by atoms with van der Waals surface area (Å²) in [5, 5.41) is 0. The van der Waals surface area contributed by atoms with E-state index in [1.54, 1.807) is 0 Å². The van der Waals surface area contributed by atoms with E-state index in [2.05, 4.69) is 13.8 Å². The van der Waals surface area contributed by atoms with Crippen molar-refractivity contribution in [1.29, 1.82) is 0 Å². The Kier molecular flexibility index (Phi) is 3.53. The molecule has 0 saturated heterocycles. The SMILES string of the molecule is CC(C)(ON)C1CCCCCC1. The molecule has 0 radical (unpaired) electrons. The van der Waals surface area contributed by atoms with Gasteiger partial charge in [0.05, 0.1) is 5.60 Å². The van der Waals surface area contributed by atoms with E-state index in [1.165, 1.54) is 38.5 Å². The third-order valence-electron chi connectivity index (χ3n) is 3.14. The molecule has 0 spiro atoms. The first-order valence-electron chi connectivity index (χ1n) is 5.04. The van der Waals surface area contributed by atoms with Crippen molar-refractivity contribution in [2.75, 3.05) is 0 Å². The highest BCUT2D eigenvalue weighted by molar-refractivity contribution is 4.80. The van der Waals surface area contributed by atoms with E-state index in [4.69, 9.17) is 10.7 Å². The van der Waals surface area contributed by atoms with Crippen molar-refractivity contribution in [2.24, 2.45) is 11.8 Å². The van der Waals surface area contributed by atoms with Crippen LogP contribution in [-0.4, -0.2) is 5.60 Å². The minimum absolute atomic E-state index is 0.121. The molecule has 1 fully saturated rings. The van der Waals surface area contributed by atoms with Gasteiger partial charge in [0.15, 0.2) is 0 Å². The summed E-state index contributed by atoms with van der Waals surface area (Å²) in [4.78, 5) is 5.03. The average molecular weight is 171 g/mol. The molecule has 0 atom stereocenters. The highest BCUT2D eigenvalue weighted by atomic mass is 16.6. The van der Waals surface area contributed by atoms with Gasteiger partial charge >= 0.3 is 0 Å². The van der Waals surface area contributed by atoms with Crippen LogP contribution in [0.3, 0.4) is 0 Å². The Morgan fingerprint density at radius 3 is 2.00 bits per heavy atom. The molecule has 72 valence electrons. The average Bonchev–Trinajstić information content (AvgIpc) is 2.32. The highest BCUT2D eigenvalue weighted by Crippen LogP contribution is 2.32. The van der Waals surface area contributed by atoms with Crippen LogP contribution in [0.5, 0.6) is 0 Å². The summed E-state index contributed by atoms with van der Waals surface area (Å²) in [6.07, 6.45) is 8.03. The van der Waals surface area contributed by atoms with Crippen LogP contribution in [0.2, 0.25) is 0 Å². The second-order valence-corrected chi connectivity index (χ2v) is 4.41. The normalized spacial score (nSPS) is 22.2. The maximum absolute atomic E-state index is 5.29. The van der Waals surface area contributed by atoms with Crippen molar-refractivity contribution in [3.05, 3.63) is 0 Å². The topological polar surface area (TPSA) is 35.2 Å². The summed E-state index contributed by atoms with van der Waals surface area (Å²) in [7, 11) is 0. The van der Waals surface area contributed by atoms with Crippen molar-refractivity contribution in [3.63, 3.8) is 0 Å². The van der Waals surface area contributed by atoms with Crippen molar-refractivity contribution >= 4 is 0 Å². The third kappa shape index (κ3) is 2.46. The monoisotopic (exact) mass is 171 g/mol. The van der Waals surface area contributed by atoms with Gasteiger partial charge in [0, 0.05) is 0 Å². The zero-order chi connectivity index (χ0) is 9.03. The van der Waals surface area contributed by atoms with Crippen LogP contribution in [0.25, 0.3) is 0 Å². The zero-order valence-corrected chi connectivity index (χ0v) is 8.31. The minimum Gasteiger partial charge on any atom is -0.298 e. The van der Waals surface area contributed by atoms with Gasteiger partial charge in [-0.15, -0.1) is 0 Å². The number of rotatable bonds is 2. The lowest BCUT2D eigenvalue weighted by molar-refractivity contribution is -0.0669. The van der Waals surface area contributed by atoms with E-state index in [9.17, 15) is 0 Å². The Bertz CT molecular complexity index is 126. The Balaban J connectivity index is 2.47. The van der Waals surface area contributed by atoms with Crippen LogP contribution in [0.15, 0.2) is 0 Å². The summed E-state index contributed by atoms with van der Waals surface area (Å²) in [5.74, 6) is 5.95. The molecule has 12 heavy (non-hydrogen) atoms. The second kappa shape index (κ2) is 4.24. The lowest BCUT2D eigenvalue weighted by atomic mass is 9.85. The lowest BCUT2D eigenvalue weighted by Crippen LogP contribution is -2.36. The molecule has 0 aromatic carbocycles. The first-order valence-corrected chi connectivity index (χ1v) is 5.04. The van der Waals surface area contributed by atoms with Gasteiger partial charge in [0.25, 0.3) is 0 Å². The quantitative estimate of drug-likeness (QED) is 0.512. The number of hydrogen-bond acceptors (Lipinski definition) is 2. The van der Waals surface area contributed by atoms with Crippen molar-refractivity contribution in [3.8, 4) is 0 Å². The molecule has 1 aliphatic carbocycles. The molecule has 1 saturated carbocycles. The Labute approximate surface area is 75.4 Å². The van der Waals surface area contributed by atoms with E-state index in [0.717, 1.165) is 0 Å². The Morgan fingerprint density at radius 2 is 1.58 bits per heavy atom. The van der Waals surface area contributed by atoms with Gasteiger partial charge < -0.3 is 0 Å². The molecular weight excluding hydrogens is 150 g/mol. The first-order chi connectivity index (χ1) is 5.67. The second-order valence-electron chi connectivity index (χ2n) is 4.41. The predicted octanol–water partition coefficient (Wildman–Crippen LogP) is 2.63. The summed E-state index contributed by atoms with van der Waals surface area (Å²) >= 11 is 0. The standard InChI is InChI=1S/C10H21NO/c1-10(2,12-11)9-7-5-3-4-6-8-9/h9H,3-8,11H2,1-2H3. The Hall–Kier alpha value is -0.0800. The van der Waals surface area contributed by atoms with E-state index in [0.29, 0.717) is 5.92 Å². The number of hydrogen-bond donors (Lipinski definition) is 1. The fourth-order valence-electron chi connectivity index (χ4n) is 2.07. The van der Waals surface area contributed by atoms with Crippen molar-refractivity contribution < 1.29 is 4.84 Å². The molecule has 2 nitrogen and oxygen atoms in total. The van der Waals surface area contributed by atoms with E-state index >= 15 is 0 Å². The van der Waals surface area contributed by atoms with Gasteiger partial charge in [-0.2, -0.15) is 0 Å². The van der Waals surface area contributed by atoms with Crippen LogP contribution in [0.1, 0.15) is 52.4 Å². The molecular formula is C10H21NO. The van der Waals surface area contributed by atoms with Gasteiger partial charge in [-0.1, -0.05) is 25.7 Å². The molecule has 0 aliphatic heterocycles. The molecule has 0 heterocycles. The van der Waals surface area contributed by atoms with Crippen LogP contribution < -0.4 is 5.90 Å². The molecule has 1 aliphatic rings. The first kappa shape index (κ1) is 10.0. The highest BCUT2D eigenvalue weighted by Gasteiger charge is 2.30. The van der Waals surface area contributed by atoms with Crippen LogP contribution in [0, 0.1) is 5.92 Å². The van der Waals surface area contributed by atoms with Crippen molar-refractivity contribution in [2.45, 2.75) is 58.0 Å². The molecule has 0 unspecified atom stereocenters. The molecule has 0 bridgehead atoms. The third-order valence-corrected chi connectivity index (χ3v) is 3.14. The van der Waals surface area contributed by atoms with Crippen LogP contribution in [0.4, 0.5) is 0 Å². The zero-order valence-electron chi connectivity index (χ0n) is 8.31. The summed E-state index contributed by atoms with van der Waals surface area (Å²) in [6, 6.07) is 0. The fourth-order valence-corrected chi connectivity index (χ4v) is 2.07. The van der Waals surface area contributed by atoms with Crippen molar-refractivity contribution in [1.82, 2.24) is 0 Å². The molecule has 0 aromatic rings. The maximum atomic E-state index is 5.29. The smallest absolute Gasteiger partial charge is 0.0865 e. The maximum Gasteiger partial charge on any atom is 0.0865 e. The van der Waals surface area contributed by atoms with E-state index in [-0.39, 0.29) is 5.60 Å². The van der Waals surface area contributed by atoms with Crippen LogP contribution in [-0.2, 0) is 4.84 Å². The predicted molar refractivity (Wildman–Crippen MR) is 50.5 cm³/mol. The summed E-state index contributed by atoms with van der Waals surface area (Å²) in [6.45, 7) is 4.20. The lowest BCUT2D eigenvalue weighted by Gasteiger charge is -2.31. The van der Waals surface area contributed by atoms with Crippen LogP contribution >= 0.6 is 0 Å². The van der Waals surface area contributed by atoms with E-state index in [1.807, 2.05) is 0 Å². The van der Waals surface area contributed by atoms with Gasteiger partial charge in [0.1, 0.15) is 0 Å². The largest absolute Gasteiger partial charge is 0.298 e. The molecule has 0 amide bonds. The van der Waals surface area contributed by atoms with Gasteiger partial charge in [-0.3, -0.25) is 4.84 Å². The molecule has 0 aromatic heterocycles. The van der Waals surface area contributed by atoms with Gasteiger partial charge in [-0.25, -0.2) is 5.90 Å². The minimum atomic E-state index is -0.121. The summed E-state index contributed by atoms with van der Waals surface area (Å²) < 4.78 is 0. The summed E-state index contributed by atoms with van der Waals surface area (Å²) in [5.41, 5.74) is -0.121. The Morgan fingerprint density at radius 1 is 1.08 bits per heavy atom. The fraction of sp³-hybridized carbons (Fsp3) is 1.00. The molecule has 2 heteroatoms. The molecule has 1 rings (SSSR count).